The SMILES string of the molecule is Cc1cnc(NCC2CCCCN2)nc1. The molecule has 4 nitrogen and oxygen atoms in total. The van der Waals surface area contributed by atoms with E-state index in [4.69, 9.17) is 0 Å². The summed E-state index contributed by atoms with van der Waals surface area (Å²) in [6.45, 7) is 4.05. The molecule has 0 aromatic carbocycles. The molecular weight excluding hydrogens is 188 g/mol. The van der Waals surface area contributed by atoms with E-state index in [0.717, 1.165) is 24.6 Å². The molecule has 82 valence electrons. The Balaban J connectivity index is 1.79. The van der Waals surface area contributed by atoms with Crippen LogP contribution in [-0.4, -0.2) is 29.1 Å². The summed E-state index contributed by atoms with van der Waals surface area (Å²) in [5.41, 5.74) is 1.09. The van der Waals surface area contributed by atoms with Crippen LogP contribution in [0.5, 0.6) is 0 Å². The average Bonchev–Trinajstić information content (AvgIpc) is 2.30. The molecule has 15 heavy (non-hydrogen) atoms. The number of hydrogen-bond donors (Lipinski definition) is 2. The lowest BCUT2D eigenvalue weighted by molar-refractivity contribution is 0.413. The fourth-order valence-electron chi connectivity index (χ4n) is 1.80. The van der Waals surface area contributed by atoms with Gasteiger partial charge in [-0.1, -0.05) is 6.42 Å². The van der Waals surface area contributed by atoms with Crippen LogP contribution in [0.25, 0.3) is 0 Å². The number of anilines is 1. The molecule has 0 amide bonds. The molecule has 2 heterocycles. The summed E-state index contributed by atoms with van der Waals surface area (Å²) in [5.74, 6) is 0.730. The largest absolute Gasteiger partial charge is 0.353 e. The van der Waals surface area contributed by atoms with Gasteiger partial charge in [-0.3, -0.25) is 0 Å². The van der Waals surface area contributed by atoms with E-state index in [1.807, 2.05) is 19.3 Å². The molecule has 0 aliphatic carbocycles. The lowest BCUT2D eigenvalue weighted by Crippen LogP contribution is -2.39. The first-order chi connectivity index (χ1) is 7.34. The van der Waals surface area contributed by atoms with Gasteiger partial charge in [0.2, 0.25) is 5.95 Å². The van der Waals surface area contributed by atoms with Gasteiger partial charge in [0.05, 0.1) is 0 Å². The van der Waals surface area contributed by atoms with Crippen molar-refractivity contribution in [1.82, 2.24) is 15.3 Å². The minimum absolute atomic E-state index is 0.573. The summed E-state index contributed by atoms with van der Waals surface area (Å²) < 4.78 is 0. The Morgan fingerprint density at radius 1 is 1.40 bits per heavy atom. The molecule has 4 heteroatoms. The van der Waals surface area contributed by atoms with Crippen molar-refractivity contribution < 1.29 is 0 Å². The third kappa shape index (κ3) is 3.16. The van der Waals surface area contributed by atoms with Gasteiger partial charge in [-0.25, -0.2) is 9.97 Å². The predicted octanol–water partition coefficient (Wildman–Crippen LogP) is 1.34. The molecule has 2 N–H and O–H groups in total. The fraction of sp³-hybridized carbons (Fsp3) is 0.636. The van der Waals surface area contributed by atoms with Gasteiger partial charge in [0, 0.05) is 25.0 Å². The van der Waals surface area contributed by atoms with Crippen molar-refractivity contribution in [1.29, 1.82) is 0 Å². The van der Waals surface area contributed by atoms with Gasteiger partial charge in [0.1, 0.15) is 0 Å². The molecule has 0 saturated carbocycles. The fourth-order valence-corrected chi connectivity index (χ4v) is 1.80. The highest BCUT2D eigenvalue weighted by Gasteiger charge is 2.11. The normalized spacial score (nSPS) is 21.3. The number of aromatic nitrogens is 2. The monoisotopic (exact) mass is 206 g/mol. The summed E-state index contributed by atoms with van der Waals surface area (Å²) in [5, 5.41) is 6.74. The van der Waals surface area contributed by atoms with Gasteiger partial charge in [-0.05, 0) is 31.9 Å². The van der Waals surface area contributed by atoms with Crippen LogP contribution in [0.2, 0.25) is 0 Å². The predicted molar refractivity (Wildman–Crippen MR) is 60.9 cm³/mol. The number of hydrogen-bond acceptors (Lipinski definition) is 4. The second-order valence-electron chi connectivity index (χ2n) is 4.11. The smallest absolute Gasteiger partial charge is 0.222 e. The first kappa shape index (κ1) is 10.4. The van der Waals surface area contributed by atoms with E-state index in [0.29, 0.717) is 6.04 Å². The van der Waals surface area contributed by atoms with Crippen molar-refractivity contribution in [2.75, 3.05) is 18.4 Å². The Hall–Kier alpha value is -1.16. The first-order valence-corrected chi connectivity index (χ1v) is 5.60. The molecule has 1 atom stereocenters. The van der Waals surface area contributed by atoms with Crippen LogP contribution < -0.4 is 10.6 Å². The highest BCUT2D eigenvalue weighted by molar-refractivity contribution is 5.24. The lowest BCUT2D eigenvalue weighted by Gasteiger charge is -2.23. The maximum Gasteiger partial charge on any atom is 0.222 e. The van der Waals surface area contributed by atoms with Crippen molar-refractivity contribution in [3.63, 3.8) is 0 Å². The van der Waals surface area contributed by atoms with Crippen molar-refractivity contribution in [3.8, 4) is 0 Å². The van der Waals surface area contributed by atoms with Crippen LogP contribution in [0.3, 0.4) is 0 Å². The van der Waals surface area contributed by atoms with Crippen LogP contribution in [-0.2, 0) is 0 Å². The van der Waals surface area contributed by atoms with Crippen molar-refractivity contribution in [3.05, 3.63) is 18.0 Å². The molecule has 0 radical (unpaired) electrons. The number of nitrogens with one attached hydrogen (secondary N) is 2. The van der Waals surface area contributed by atoms with E-state index in [1.54, 1.807) is 0 Å². The van der Waals surface area contributed by atoms with E-state index in [9.17, 15) is 0 Å². The van der Waals surface area contributed by atoms with Crippen LogP contribution in [0, 0.1) is 6.92 Å². The van der Waals surface area contributed by atoms with E-state index in [-0.39, 0.29) is 0 Å². The number of piperidine rings is 1. The standard InChI is InChI=1S/C11H18N4/c1-9-6-13-11(14-7-9)15-8-10-4-2-3-5-12-10/h6-7,10,12H,2-5,8H2,1H3,(H,13,14,15). The number of nitrogens with zero attached hydrogens (tertiary/aromatic N) is 2. The zero-order chi connectivity index (χ0) is 10.5. The van der Waals surface area contributed by atoms with Crippen molar-refractivity contribution in [2.24, 2.45) is 0 Å². The van der Waals surface area contributed by atoms with Crippen molar-refractivity contribution in [2.45, 2.75) is 32.2 Å². The second-order valence-corrected chi connectivity index (χ2v) is 4.11. The topological polar surface area (TPSA) is 49.8 Å². The van der Waals surface area contributed by atoms with Gasteiger partial charge in [-0.15, -0.1) is 0 Å². The minimum atomic E-state index is 0.573. The van der Waals surface area contributed by atoms with Gasteiger partial charge >= 0.3 is 0 Å². The molecule has 0 bridgehead atoms. The van der Waals surface area contributed by atoms with Crippen LogP contribution in [0.4, 0.5) is 5.95 Å². The van der Waals surface area contributed by atoms with Crippen molar-refractivity contribution >= 4 is 5.95 Å². The van der Waals surface area contributed by atoms with Crippen LogP contribution in [0.15, 0.2) is 12.4 Å². The summed E-state index contributed by atoms with van der Waals surface area (Å²) in [7, 11) is 0. The summed E-state index contributed by atoms with van der Waals surface area (Å²) in [6.07, 6.45) is 7.55. The zero-order valence-corrected chi connectivity index (χ0v) is 9.16. The van der Waals surface area contributed by atoms with Gasteiger partial charge in [0.15, 0.2) is 0 Å². The van der Waals surface area contributed by atoms with E-state index < -0.39 is 0 Å². The molecule has 1 unspecified atom stereocenters. The van der Waals surface area contributed by atoms with Crippen LogP contribution in [0.1, 0.15) is 24.8 Å². The number of aryl methyl sites for hydroxylation is 1. The molecule has 1 saturated heterocycles. The first-order valence-electron chi connectivity index (χ1n) is 5.60. The second kappa shape index (κ2) is 5.07. The Kier molecular flexibility index (Phi) is 3.50. The Bertz CT molecular complexity index is 290. The Morgan fingerprint density at radius 3 is 2.87 bits per heavy atom. The van der Waals surface area contributed by atoms with Crippen LogP contribution >= 0.6 is 0 Å². The highest BCUT2D eigenvalue weighted by atomic mass is 15.1. The van der Waals surface area contributed by atoms with E-state index >= 15 is 0 Å². The molecule has 1 aliphatic rings. The quantitative estimate of drug-likeness (QED) is 0.783. The lowest BCUT2D eigenvalue weighted by atomic mass is 10.1. The van der Waals surface area contributed by atoms with E-state index in [1.165, 1.54) is 19.3 Å². The van der Waals surface area contributed by atoms with E-state index in [2.05, 4.69) is 20.6 Å². The molecule has 1 aliphatic heterocycles. The maximum atomic E-state index is 4.21. The molecule has 1 aromatic rings. The molecule has 1 fully saturated rings. The summed E-state index contributed by atoms with van der Waals surface area (Å²) >= 11 is 0. The molecule has 2 rings (SSSR count). The third-order valence-electron chi connectivity index (χ3n) is 2.70. The Labute approximate surface area is 90.5 Å². The molecule has 0 spiro atoms. The Morgan fingerprint density at radius 2 is 2.20 bits per heavy atom. The average molecular weight is 206 g/mol. The molecule has 1 aromatic heterocycles. The minimum Gasteiger partial charge on any atom is -0.353 e. The zero-order valence-electron chi connectivity index (χ0n) is 9.16. The molecular formula is C11H18N4. The number of rotatable bonds is 3. The van der Waals surface area contributed by atoms with Gasteiger partial charge in [-0.2, -0.15) is 0 Å². The van der Waals surface area contributed by atoms with Gasteiger partial charge < -0.3 is 10.6 Å². The maximum absolute atomic E-state index is 4.21. The third-order valence-corrected chi connectivity index (χ3v) is 2.70. The van der Waals surface area contributed by atoms with Gasteiger partial charge in [0.25, 0.3) is 0 Å². The summed E-state index contributed by atoms with van der Waals surface area (Å²) in [4.78, 5) is 8.43. The highest BCUT2D eigenvalue weighted by Crippen LogP contribution is 2.07. The summed E-state index contributed by atoms with van der Waals surface area (Å²) in [6, 6.07) is 0.573.